The van der Waals surface area contributed by atoms with Crippen LogP contribution in [0.1, 0.15) is 50.8 Å². The van der Waals surface area contributed by atoms with Gasteiger partial charge in [-0.2, -0.15) is 0 Å². The fourth-order valence-electron chi connectivity index (χ4n) is 5.07. The molecule has 2 aliphatic rings. The zero-order valence-electron chi connectivity index (χ0n) is 27.9. The highest BCUT2D eigenvalue weighted by Crippen LogP contribution is 2.32. The maximum atomic E-state index is 12.9. The van der Waals surface area contributed by atoms with Crippen LogP contribution in [0.2, 0.25) is 0 Å². The fourth-order valence-corrected chi connectivity index (χ4v) is 5.07. The van der Waals surface area contributed by atoms with E-state index in [1.165, 1.54) is 79.7 Å². The molecule has 0 unspecified atom stereocenters. The van der Waals surface area contributed by atoms with Crippen molar-refractivity contribution in [2.24, 2.45) is 0 Å². The van der Waals surface area contributed by atoms with E-state index in [4.69, 9.17) is 42.6 Å². The quantitative estimate of drug-likeness (QED) is 0.0570. The molecule has 0 saturated carbocycles. The molecule has 15 heteroatoms. The van der Waals surface area contributed by atoms with Crippen LogP contribution in [0.15, 0.2) is 85.5 Å². The van der Waals surface area contributed by atoms with Crippen LogP contribution in [0.25, 0.3) is 0 Å². The zero-order valence-corrected chi connectivity index (χ0v) is 27.9. The summed E-state index contributed by atoms with van der Waals surface area (Å²) in [5.41, 5.74) is 0.602. The monoisotopic (exact) mass is 718 g/mol. The summed E-state index contributed by atoms with van der Waals surface area (Å²) < 4.78 is 48.0. The summed E-state index contributed by atoms with van der Waals surface area (Å²) in [7, 11) is 0. The van der Waals surface area contributed by atoms with Crippen molar-refractivity contribution in [1.29, 1.82) is 0 Å². The van der Waals surface area contributed by atoms with Crippen molar-refractivity contribution in [3.05, 3.63) is 102 Å². The predicted octanol–water partition coefficient (Wildman–Crippen LogP) is 4.40. The Morgan fingerprint density at radius 3 is 1.50 bits per heavy atom. The van der Waals surface area contributed by atoms with Gasteiger partial charge in [0.2, 0.25) is 0 Å². The molecule has 5 rings (SSSR count). The van der Waals surface area contributed by atoms with Crippen molar-refractivity contribution in [2.75, 3.05) is 26.4 Å². The molecule has 0 N–H and O–H groups in total. The number of esters is 5. The van der Waals surface area contributed by atoms with Gasteiger partial charge in [0, 0.05) is 13.0 Å². The number of carbonyl (C=O) groups excluding carboxylic acids is 6. The van der Waals surface area contributed by atoms with Crippen molar-refractivity contribution >= 4 is 36.0 Å². The summed E-state index contributed by atoms with van der Waals surface area (Å²) in [5.74, 6) is -2.37. The van der Waals surface area contributed by atoms with Crippen molar-refractivity contribution in [2.45, 2.75) is 44.2 Å². The lowest BCUT2D eigenvalue weighted by molar-refractivity contribution is -0.138. The maximum Gasteiger partial charge on any atom is 0.513 e. The number of carbonyl (C=O) groups is 6. The number of benzene rings is 3. The third kappa shape index (κ3) is 10.2. The molecule has 0 aliphatic carbocycles. The van der Waals surface area contributed by atoms with Crippen molar-refractivity contribution < 1.29 is 71.4 Å². The van der Waals surface area contributed by atoms with E-state index in [9.17, 15) is 28.8 Å². The summed E-state index contributed by atoms with van der Waals surface area (Å²) in [6.45, 7) is 4.88. The van der Waals surface area contributed by atoms with Crippen molar-refractivity contribution in [1.82, 2.24) is 0 Å². The summed E-state index contributed by atoms with van der Waals surface area (Å²) in [5, 5.41) is 0. The molecule has 3 aromatic rings. The topological polar surface area (TPSA) is 185 Å². The molecule has 2 fully saturated rings. The molecule has 0 amide bonds. The fraction of sp³-hybridized carbons (Fsp3) is 0.297. The van der Waals surface area contributed by atoms with E-state index in [-0.39, 0.29) is 54.6 Å². The molecule has 2 saturated heterocycles. The number of hydrogen-bond donors (Lipinski definition) is 0. The molecule has 2 aliphatic heterocycles. The van der Waals surface area contributed by atoms with Gasteiger partial charge in [0.15, 0.2) is 12.2 Å². The molecule has 3 aromatic carbocycles. The molecule has 0 aromatic heterocycles. The SMILES string of the molecule is C=CC(=O)OCCCCOC(=O)Oc1ccc(C(=O)Oc2ccc(C(=O)O[C@H]3CO[C@H]4[C@@H]3OC[C@H]4OC(=O)c3ccc(OC(C)=O)cc3)cc2)cc1. The van der Waals surface area contributed by atoms with Crippen molar-refractivity contribution in [3.63, 3.8) is 0 Å². The third-order valence-corrected chi connectivity index (χ3v) is 7.59. The van der Waals surface area contributed by atoms with Gasteiger partial charge in [0.25, 0.3) is 0 Å². The van der Waals surface area contributed by atoms with Crippen LogP contribution in [0, 0.1) is 0 Å². The Hall–Kier alpha value is -6.06. The molecule has 2 heterocycles. The highest BCUT2D eigenvalue weighted by atomic mass is 16.7. The van der Waals surface area contributed by atoms with Gasteiger partial charge in [-0.1, -0.05) is 6.58 Å². The van der Waals surface area contributed by atoms with Crippen LogP contribution < -0.4 is 14.2 Å². The molecule has 0 spiro atoms. The first-order valence-electron chi connectivity index (χ1n) is 16.1. The van der Waals surface area contributed by atoms with Crippen LogP contribution in [0.3, 0.4) is 0 Å². The van der Waals surface area contributed by atoms with Gasteiger partial charge in [0.1, 0.15) is 29.5 Å². The first-order valence-corrected chi connectivity index (χ1v) is 16.1. The highest BCUT2D eigenvalue weighted by Gasteiger charge is 2.51. The molecule has 52 heavy (non-hydrogen) atoms. The average Bonchev–Trinajstić information content (AvgIpc) is 3.72. The van der Waals surface area contributed by atoms with E-state index in [1.54, 1.807) is 0 Å². The summed E-state index contributed by atoms with van der Waals surface area (Å²) in [4.78, 5) is 72.2. The minimum atomic E-state index is -0.930. The lowest BCUT2D eigenvalue weighted by Gasteiger charge is -2.17. The van der Waals surface area contributed by atoms with Crippen LogP contribution in [-0.4, -0.2) is 86.8 Å². The third-order valence-electron chi connectivity index (χ3n) is 7.59. The van der Waals surface area contributed by atoms with Crippen LogP contribution in [0.4, 0.5) is 4.79 Å². The van der Waals surface area contributed by atoms with Gasteiger partial charge in [-0.05, 0) is 85.6 Å². The second kappa shape index (κ2) is 17.7. The number of rotatable bonds is 14. The molecule has 15 nitrogen and oxygen atoms in total. The normalized spacial score (nSPS) is 18.6. The Morgan fingerprint density at radius 1 is 0.615 bits per heavy atom. The summed E-state index contributed by atoms with van der Waals surface area (Å²) >= 11 is 0. The van der Waals surface area contributed by atoms with E-state index in [0.717, 1.165) is 6.08 Å². The second-order valence-electron chi connectivity index (χ2n) is 11.3. The Kier molecular flexibility index (Phi) is 12.7. The second-order valence-corrected chi connectivity index (χ2v) is 11.3. The lowest BCUT2D eigenvalue weighted by atomic mass is 10.1. The molecule has 4 atom stereocenters. The van der Waals surface area contributed by atoms with E-state index in [1.807, 2.05) is 0 Å². The average molecular weight is 719 g/mol. The van der Waals surface area contributed by atoms with Gasteiger partial charge >= 0.3 is 36.0 Å². The van der Waals surface area contributed by atoms with Gasteiger partial charge < -0.3 is 42.6 Å². The minimum absolute atomic E-state index is 0.0313. The molecular formula is C37H34O15. The number of fused-ring (bicyclic) bond motifs is 1. The Labute approximate surface area is 297 Å². The standard InChI is InChI=1S/C37H34O15/c1-3-31(39)44-18-4-5-19-45-37(43)50-28-16-10-23(11-17-28)34(40)49-27-14-8-25(9-15-27)36(42)52-30-21-47-32-29(20-46-33(30)32)51-35(41)24-6-12-26(13-7-24)48-22(2)38/h3,6-17,29-30,32-33H,1,4-5,18-21H2,2H3/t29-,30+,32-,33-/m1/s1. The van der Waals surface area contributed by atoms with Crippen LogP contribution >= 0.6 is 0 Å². The number of ether oxygens (including phenoxy) is 9. The largest absolute Gasteiger partial charge is 0.513 e. The smallest absolute Gasteiger partial charge is 0.463 e. The Morgan fingerprint density at radius 2 is 1.04 bits per heavy atom. The van der Waals surface area contributed by atoms with Gasteiger partial charge in [-0.3, -0.25) is 4.79 Å². The molecule has 0 radical (unpaired) electrons. The van der Waals surface area contributed by atoms with Gasteiger partial charge in [-0.15, -0.1) is 0 Å². The first kappa shape index (κ1) is 37.2. The Bertz CT molecular complexity index is 1770. The van der Waals surface area contributed by atoms with E-state index < -0.39 is 60.4 Å². The number of hydrogen-bond acceptors (Lipinski definition) is 15. The highest BCUT2D eigenvalue weighted by molar-refractivity contribution is 5.92. The summed E-state index contributed by atoms with van der Waals surface area (Å²) in [6, 6.07) is 17.2. The molecule has 272 valence electrons. The van der Waals surface area contributed by atoms with Crippen LogP contribution in [0.5, 0.6) is 17.2 Å². The van der Waals surface area contributed by atoms with Crippen LogP contribution in [-0.2, 0) is 38.0 Å². The van der Waals surface area contributed by atoms with Gasteiger partial charge in [0.05, 0.1) is 43.1 Å². The van der Waals surface area contributed by atoms with Gasteiger partial charge in [-0.25, -0.2) is 24.0 Å². The first-order chi connectivity index (χ1) is 25.1. The van der Waals surface area contributed by atoms with E-state index in [2.05, 4.69) is 6.58 Å². The predicted molar refractivity (Wildman–Crippen MR) is 176 cm³/mol. The Balaban J connectivity index is 1.03. The van der Waals surface area contributed by atoms with Crippen molar-refractivity contribution in [3.8, 4) is 17.2 Å². The lowest BCUT2D eigenvalue weighted by Crippen LogP contribution is -2.36. The van der Waals surface area contributed by atoms with E-state index in [0.29, 0.717) is 18.6 Å². The molecule has 0 bridgehead atoms. The zero-order chi connectivity index (χ0) is 37.0. The minimum Gasteiger partial charge on any atom is -0.463 e. The molecular weight excluding hydrogens is 684 g/mol. The summed E-state index contributed by atoms with van der Waals surface area (Å²) in [6.07, 6.45) is -1.69. The van der Waals surface area contributed by atoms with E-state index >= 15 is 0 Å². The number of unbranched alkanes of at least 4 members (excludes halogenated alkanes) is 1. The maximum absolute atomic E-state index is 12.9.